The summed E-state index contributed by atoms with van der Waals surface area (Å²) in [5.74, 6) is 1.30. The molecule has 4 aromatic rings. The molecule has 0 bridgehead atoms. The molecule has 6 nitrogen and oxygen atoms in total. The van der Waals surface area contributed by atoms with Crippen LogP contribution in [0.3, 0.4) is 0 Å². The van der Waals surface area contributed by atoms with Crippen molar-refractivity contribution < 1.29 is 4.74 Å². The van der Waals surface area contributed by atoms with Gasteiger partial charge in [0.1, 0.15) is 11.3 Å². The molecule has 0 unspecified atom stereocenters. The second kappa shape index (κ2) is 8.12. The predicted octanol–water partition coefficient (Wildman–Crippen LogP) is 3.89. The highest BCUT2D eigenvalue weighted by Crippen LogP contribution is 2.26. The van der Waals surface area contributed by atoms with Crippen molar-refractivity contribution in [1.82, 2.24) is 18.9 Å². The Bertz CT molecular complexity index is 1280. The molecule has 0 saturated carbocycles. The molecular weight excluding hydrogens is 388 g/mol. The minimum absolute atomic E-state index is 0.0103. The van der Waals surface area contributed by atoms with Crippen LogP contribution in [0.5, 0.6) is 0 Å². The van der Waals surface area contributed by atoms with Crippen LogP contribution in [0.2, 0.25) is 0 Å². The van der Waals surface area contributed by atoms with Crippen LogP contribution in [-0.2, 0) is 18.2 Å². The number of hydrogen-bond donors (Lipinski definition) is 0. The van der Waals surface area contributed by atoms with Crippen LogP contribution in [0.25, 0.3) is 16.8 Å². The SMILES string of the molecule is Cc1cccc(-c2ccc(Cc3cn4c(C5CCOCC5)ncc4c(=O)n3C)cc2)n1. The van der Waals surface area contributed by atoms with Gasteiger partial charge in [-0.05, 0) is 37.5 Å². The molecule has 0 spiro atoms. The van der Waals surface area contributed by atoms with Gasteiger partial charge in [-0.25, -0.2) is 4.98 Å². The van der Waals surface area contributed by atoms with Crippen LogP contribution in [0, 0.1) is 6.92 Å². The third kappa shape index (κ3) is 3.79. The molecule has 0 radical (unpaired) electrons. The van der Waals surface area contributed by atoms with E-state index in [1.807, 2.05) is 36.6 Å². The minimum atomic E-state index is -0.0103. The van der Waals surface area contributed by atoms with E-state index in [-0.39, 0.29) is 5.56 Å². The Labute approximate surface area is 181 Å². The van der Waals surface area contributed by atoms with Gasteiger partial charge in [-0.1, -0.05) is 30.3 Å². The van der Waals surface area contributed by atoms with Gasteiger partial charge < -0.3 is 9.30 Å². The number of rotatable bonds is 4. The van der Waals surface area contributed by atoms with Crippen molar-refractivity contribution in [2.75, 3.05) is 13.2 Å². The second-order valence-corrected chi connectivity index (χ2v) is 8.28. The van der Waals surface area contributed by atoms with E-state index < -0.39 is 0 Å². The Morgan fingerprint density at radius 1 is 1.10 bits per heavy atom. The van der Waals surface area contributed by atoms with E-state index in [4.69, 9.17) is 4.74 Å². The normalized spacial score (nSPS) is 14.9. The second-order valence-electron chi connectivity index (χ2n) is 8.28. The highest BCUT2D eigenvalue weighted by atomic mass is 16.5. The number of benzene rings is 1. The Balaban J connectivity index is 1.47. The standard InChI is InChI=1S/C25H26N4O2/c1-17-4-3-5-22(27-17)19-8-6-18(7-9-19)14-21-16-29-23(25(30)28(21)2)15-26-24(29)20-10-12-31-13-11-20/h3-9,15-16,20H,10-14H2,1-2H3. The average molecular weight is 415 g/mol. The minimum Gasteiger partial charge on any atom is -0.381 e. The number of imidazole rings is 1. The van der Waals surface area contributed by atoms with E-state index in [1.54, 1.807) is 10.8 Å². The Morgan fingerprint density at radius 2 is 1.87 bits per heavy atom. The fourth-order valence-electron chi connectivity index (χ4n) is 4.34. The van der Waals surface area contributed by atoms with Gasteiger partial charge in [0.15, 0.2) is 0 Å². The summed E-state index contributed by atoms with van der Waals surface area (Å²) in [6.45, 7) is 3.50. The van der Waals surface area contributed by atoms with Gasteiger partial charge in [0.05, 0.1) is 11.9 Å². The quantitative estimate of drug-likeness (QED) is 0.508. The van der Waals surface area contributed by atoms with Crippen LogP contribution in [0.4, 0.5) is 0 Å². The molecule has 5 rings (SSSR count). The van der Waals surface area contributed by atoms with Crippen LogP contribution < -0.4 is 5.56 Å². The summed E-state index contributed by atoms with van der Waals surface area (Å²) in [6.07, 6.45) is 6.34. The summed E-state index contributed by atoms with van der Waals surface area (Å²) in [5, 5.41) is 0. The zero-order chi connectivity index (χ0) is 21.4. The van der Waals surface area contributed by atoms with Crippen molar-refractivity contribution in [2.24, 2.45) is 7.05 Å². The van der Waals surface area contributed by atoms with Gasteiger partial charge in [0.2, 0.25) is 0 Å². The van der Waals surface area contributed by atoms with Gasteiger partial charge in [0.25, 0.3) is 5.56 Å². The number of nitrogens with zero attached hydrogens (tertiary/aromatic N) is 4. The smallest absolute Gasteiger partial charge is 0.276 e. The van der Waals surface area contributed by atoms with Crippen molar-refractivity contribution in [3.8, 4) is 11.3 Å². The largest absolute Gasteiger partial charge is 0.381 e. The number of hydrogen-bond acceptors (Lipinski definition) is 4. The molecular formula is C25H26N4O2. The first-order valence-electron chi connectivity index (χ1n) is 10.8. The van der Waals surface area contributed by atoms with Crippen molar-refractivity contribution in [1.29, 1.82) is 0 Å². The molecule has 1 aromatic carbocycles. The summed E-state index contributed by atoms with van der Waals surface area (Å²) >= 11 is 0. The lowest BCUT2D eigenvalue weighted by Crippen LogP contribution is -2.24. The topological polar surface area (TPSA) is 61.4 Å². The van der Waals surface area contributed by atoms with E-state index in [2.05, 4.69) is 40.4 Å². The maximum Gasteiger partial charge on any atom is 0.276 e. The van der Waals surface area contributed by atoms with Crippen molar-refractivity contribution in [2.45, 2.75) is 32.1 Å². The fourth-order valence-corrected chi connectivity index (χ4v) is 4.34. The molecule has 1 aliphatic rings. The third-order valence-corrected chi connectivity index (χ3v) is 6.17. The van der Waals surface area contributed by atoms with E-state index in [1.165, 1.54) is 0 Å². The zero-order valence-electron chi connectivity index (χ0n) is 17.9. The lowest BCUT2D eigenvalue weighted by molar-refractivity contribution is 0.0835. The van der Waals surface area contributed by atoms with Crippen LogP contribution in [-0.4, -0.2) is 32.1 Å². The summed E-state index contributed by atoms with van der Waals surface area (Å²) in [4.78, 5) is 22.2. The van der Waals surface area contributed by atoms with E-state index in [0.29, 0.717) is 17.9 Å². The molecule has 31 heavy (non-hydrogen) atoms. The lowest BCUT2D eigenvalue weighted by Gasteiger charge is -2.21. The first-order valence-corrected chi connectivity index (χ1v) is 10.8. The van der Waals surface area contributed by atoms with Gasteiger partial charge in [-0.15, -0.1) is 0 Å². The van der Waals surface area contributed by atoms with Gasteiger partial charge in [0, 0.05) is 55.7 Å². The van der Waals surface area contributed by atoms with Crippen LogP contribution in [0.15, 0.2) is 59.7 Å². The van der Waals surface area contributed by atoms with Gasteiger partial charge in [-0.2, -0.15) is 0 Å². The molecule has 0 atom stereocenters. The van der Waals surface area contributed by atoms with Crippen LogP contribution >= 0.6 is 0 Å². The molecule has 3 aromatic heterocycles. The predicted molar refractivity (Wildman–Crippen MR) is 120 cm³/mol. The van der Waals surface area contributed by atoms with Crippen molar-refractivity contribution in [3.63, 3.8) is 0 Å². The first kappa shape index (κ1) is 19.7. The number of aryl methyl sites for hydroxylation is 1. The summed E-state index contributed by atoms with van der Waals surface area (Å²) < 4.78 is 9.23. The van der Waals surface area contributed by atoms with E-state index in [0.717, 1.165) is 60.1 Å². The summed E-state index contributed by atoms with van der Waals surface area (Å²) in [7, 11) is 1.84. The monoisotopic (exact) mass is 414 g/mol. The lowest BCUT2D eigenvalue weighted by atomic mass is 9.99. The van der Waals surface area contributed by atoms with E-state index >= 15 is 0 Å². The Hall–Kier alpha value is -3.25. The van der Waals surface area contributed by atoms with Crippen molar-refractivity contribution in [3.05, 3.63) is 88.0 Å². The highest BCUT2D eigenvalue weighted by Gasteiger charge is 2.22. The molecule has 1 saturated heterocycles. The molecule has 1 aliphatic heterocycles. The first-order chi connectivity index (χ1) is 15.1. The number of pyridine rings is 1. The van der Waals surface area contributed by atoms with E-state index in [9.17, 15) is 4.79 Å². The van der Waals surface area contributed by atoms with Crippen molar-refractivity contribution >= 4 is 5.52 Å². The average Bonchev–Trinajstić information content (AvgIpc) is 3.22. The number of ether oxygens (including phenoxy) is 1. The molecule has 0 amide bonds. The molecule has 1 fully saturated rings. The zero-order valence-corrected chi connectivity index (χ0v) is 17.9. The van der Waals surface area contributed by atoms with Gasteiger partial charge >= 0.3 is 0 Å². The molecule has 0 aliphatic carbocycles. The number of fused-ring (bicyclic) bond motifs is 1. The molecule has 4 heterocycles. The van der Waals surface area contributed by atoms with Gasteiger partial charge in [-0.3, -0.25) is 14.2 Å². The maximum atomic E-state index is 13.0. The fraction of sp³-hybridized carbons (Fsp3) is 0.320. The summed E-state index contributed by atoms with van der Waals surface area (Å²) in [5.41, 5.74) is 5.81. The summed E-state index contributed by atoms with van der Waals surface area (Å²) in [6, 6.07) is 14.5. The Kier molecular flexibility index (Phi) is 5.16. The van der Waals surface area contributed by atoms with Crippen LogP contribution in [0.1, 0.15) is 41.5 Å². The highest BCUT2D eigenvalue weighted by molar-refractivity contribution is 5.59. The molecule has 6 heteroatoms. The third-order valence-electron chi connectivity index (χ3n) is 6.17. The molecule has 0 N–H and O–H groups in total. The maximum absolute atomic E-state index is 13.0. The molecule has 158 valence electrons. The number of aromatic nitrogens is 4. The Morgan fingerprint density at radius 3 is 2.61 bits per heavy atom.